The van der Waals surface area contributed by atoms with Crippen LogP contribution in [-0.4, -0.2) is 7.05 Å². The Morgan fingerprint density at radius 2 is 1.90 bits per heavy atom. The summed E-state index contributed by atoms with van der Waals surface area (Å²) in [4.78, 5) is 0. The zero-order valence-corrected chi connectivity index (χ0v) is 13.1. The van der Waals surface area contributed by atoms with Crippen molar-refractivity contribution < 1.29 is 8.78 Å². The van der Waals surface area contributed by atoms with E-state index in [1.807, 2.05) is 19.2 Å². The third-order valence-electron chi connectivity index (χ3n) is 3.11. The average molecular weight is 361 g/mol. The minimum absolute atomic E-state index is 0.0482. The fourth-order valence-electron chi connectivity index (χ4n) is 2.05. The highest BCUT2D eigenvalue weighted by atomic mass is 79.9. The fraction of sp³-hybridized carbons (Fsp3) is 0.200. The van der Waals surface area contributed by atoms with Gasteiger partial charge < -0.3 is 5.32 Å². The van der Waals surface area contributed by atoms with Gasteiger partial charge in [-0.05, 0) is 54.9 Å². The van der Waals surface area contributed by atoms with Crippen LogP contribution in [-0.2, 0) is 6.42 Å². The maximum atomic E-state index is 13.3. The third-order valence-corrected chi connectivity index (χ3v) is 4.06. The van der Waals surface area contributed by atoms with E-state index in [4.69, 9.17) is 11.6 Å². The number of rotatable bonds is 4. The SMILES string of the molecule is CNC(Cc1ccc(F)c(F)c1)c1cc(Cl)ccc1Br. The van der Waals surface area contributed by atoms with Gasteiger partial charge in [-0.3, -0.25) is 0 Å². The first-order valence-electron chi connectivity index (χ1n) is 6.07. The number of nitrogens with one attached hydrogen (secondary N) is 1. The second-order valence-corrected chi connectivity index (χ2v) is 5.75. The number of likely N-dealkylation sites (N-methyl/N-ethyl adjacent to an activating group) is 1. The zero-order chi connectivity index (χ0) is 14.7. The maximum absolute atomic E-state index is 13.3. The highest BCUT2D eigenvalue weighted by molar-refractivity contribution is 9.10. The van der Waals surface area contributed by atoms with Gasteiger partial charge in [0.25, 0.3) is 0 Å². The van der Waals surface area contributed by atoms with E-state index in [-0.39, 0.29) is 6.04 Å². The van der Waals surface area contributed by atoms with Crippen molar-refractivity contribution in [2.24, 2.45) is 0 Å². The van der Waals surface area contributed by atoms with Crippen LogP contribution >= 0.6 is 27.5 Å². The van der Waals surface area contributed by atoms with Crippen LogP contribution < -0.4 is 5.32 Å². The Labute approximate surface area is 130 Å². The number of halogens is 4. The van der Waals surface area contributed by atoms with Crippen molar-refractivity contribution in [1.29, 1.82) is 0 Å². The van der Waals surface area contributed by atoms with Crippen molar-refractivity contribution in [3.63, 3.8) is 0 Å². The molecule has 2 aromatic carbocycles. The van der Waals surface area contributed by atoms with Crippen LogP contribution in [0.1, 0.15) is 17.2 Å². The van der Waals surface area contributed by atoms with Gasteiger partial charge in [0.15, 0.2) is 11.6 Å². The molecule has 0 saturated heterocycles. The molecule has 2 aromatic rings. The minimum Gasteiger partial charge on any atom is -0.313 e. The van der Waals surface area contributed by atoms with Gasteiger partial charge in [-0.1, -0.05) is 33.6 Å². The number of hydrogen-bond acceptors (Lipinski definition) is 1. The largest absolute Gasteiger partial charge is 0.313 e. The Morgan fingerprint density at radius 1 is 1.15 bits per heavy atom. The second-order valence-electron chi connectivity index (χ2n) is 4.46. The molecule has 0 bridgehead atoms. The predicted molar refractivity (Wildman–Crippen MR) is 81.0 cm³/mol. The standard InChI is InChI=1S/C15H13BrClF2N/c1-20-15(11-8-10(17)3-4-12(11)16)7-9-2-5-13(18)14(19)6-9/h2-6,8,15,20H,7H2,1H3. The third kappa shape index (κ3) is 3.57. The summed E-state index contributed by atoms with van der Waals surface area (Å²) in [7, 11) is 1.82. The highest BCUT2D eigenvalue weighted by Gasteiger charge is 2.15. The first-order chi connectivity index (χ1) is 9.51. The molecule has 1 atom stereocenters. The van der Waals surface area contributed by atoms with Crippen molar-refractivity contribution in [2.45, 2.75) is 12.5 Å². The molecular formula is C15H13BrClF2N. The van der Waals surface area contributed by atoms with Crippen LogP contribution in [0.15, 0.2) is 40.9 Å². The van der Waals surface area contributed by atoms with Gasteiger partial charge in [0.05, 0.1) is 0 Å². The van der Waals surface area contributed by atoms with Crippen molar-refractivity contribution in [1.82, 2.24) is 5.32 Å². The molecule has 0 aliphatic carbocycles. The molecule has 0 amide bonds. The van der Waals surface area contributed by atoms with E-state index in [2.05, 4.69) is 21.2 Å². The van der Waals surface area contributed by atoms with Crippen LogP contribution in [0.25, 0.3) is 0 Å². The summed E-state index contributed by atoms with van der Waals surface area (Å²) in [5, 5.41) is 3.80. The van der Waals surface area contributed by atoms with E-state index in [1.54, 1.807) is 12.1 Å². The fourth-order valence-corrected chi connectivity index (χ4v) is 2.75. The molecule has 0 aliphatic heterocycles. The van der Waals surface area contributed by atoms with Gasteiger partial charge in [0.1, 0.15) is 0 Å². The average Bonchev–Trinajstić information content (AvgIpc) is 2.43. The van der Waals surface area contributed by atoms with Crippen LogP contribution in [0.4, 0.5) is 8.78 Å². The predicted octanol–water partition coefficient (Wildman–Crippen LogP) is 4.88. The van der Waals surface area contributed by atoms with Crippen LogP contribution in [0.3, 0.4) is 0 Å². The molecule has 0 aromatic heterocycles. The molecule has 0 aliphatic rings. The van der Waals surface area contributed by atoms with E-state index in [0.717, 1.165) is 21.7 Å². The molecule has 0 saturated carbocycles. The summed E-state index contributed by atoms with van der Waals surface area (Å²) in [5.41, 5.74) is 1.69. The number of hydrogen-bond donors (Lipinski definition) is 1. The molecule has 1 unspecified atom stereocenters. The number of benzene rings is 2. The van der Waals surface area contributed by atoms with Gasteiger partial charge >= 0.3 is 0 Å². The Bertz CT molecular complexity index is 619. The second kappa shape index (κ2) is 6.66. The lowest BCUT2D eigenvalue weighted by molar-refractivity contribution is 0.504. The van der Waals surface area contributed by atoms with Gasteiger partial charge in [-0.15, -0.1) is 0 Å². The molecule has 1 nitrogen and oxygen atoms in total. The summed E-state index contributed by atoms with van der Waals surface area (Å²) in [6.07, 6.45) is 0.534. The lowest BCUT2D eigenvalue weighted by atomic mass is 9.99. The van der Waals surface area contributed by atoms with Crippen LogP contribution in [0.5, 0.6) is 0 Å². The Hall–Kier alpha value is -0.970. The molecule has 2 rings (SSSR count). The van der Waals surface area contributed by atoms with Crippen molar-refractivity contribution in [3.8, 4) is 0 Å². The van der Waals surface area contributed by atoms with Crippen molar-refractivity contribution >= 4 is 27.5 Å². The lowest BCUT2D eigenvalue weighted by Crippen LogP contribution is -2.19. The Balaban J connectivity index is 2.28. The molecule has 20 heavy (non-hydrogen) atoms. The summed E-state index contributed by atoms with van der Waals surface area (Å²) in [5.74, 6) is -1.67. The van der Waals surface area contributed by atoms with E-state index >= 15 is 0 Å². The van der Waals surface area contributed by atoms with Gasteiger partial charge in [0.2, 0.25) is 0 Å². The monoisotopic (exact) mass is 359 g/mol. The van der Waals surface area contributed by atoms with Gasteiger partial charge in [-0.2, -0.15) is 0 Å². The molecule has 1 N–H and O–H groups in total. The summed E-state index contributed by atoms with van der Waals surface area (Å²) in [6.45, 7) is 0. The first kappa shape index (κ1) is 15.4. The normalized spacial score (nSPS) is 12.4. The zero-order valence-electron chi connectivity index (χ0n) is 10.8. The maximum Gasteiger partial charge on any atom is 0.159 e. The van der Waals surface area contributed by atoms with Crippen LogP contribution in [0.2, 0.25) is 5.02 Å². The summed E-state index contributed by atoms with van der Waals surface area (Å²) >= 11 is 9.49. The molecule has 0 fully saturated rings. The molecule has 0 spiro atoms. The van der Waals surface area contributed by atoms with E-state index in [1.165, 1.54) is 6.07 Å². The Kier molecular flexibility index (Phi) is 5.13. The van der Waals surface area contributed by atoms with E-state index in [9.17, 15) is 8.78 Å². The van der Waals surface area contributed by atoms with Crippen LogP contribution in [0, 0.1) is 11.6 Å². The molecule has 106 valence electrons. The van der Waals surface area contributed by atoms with E-state index < -0.39 is 11.6 Å². The van der Waals surface area contributed by atoms with Gasteiger partial charge in [0, 0.05) is 15.5 Å². The minimum atomic E-state index is -0.835. The molecule has 5 heteroatoms. The lowest BCUT2D eigenvalue weighted by Gasteiger charge is -2.19. The van der Waals surface area contributed by atoms with Gasteiger partial charge in [-0.25, -0.2) is 8.78 Å². The first-order valence-corrected chi connectivity index (χ1v) is 7.24. The smallest absolute Gasteiger partial charge is 0.159 e. The van der Waals surface area contributed by atoms with E-state index in [0.29, 0.717) is 11.4 Å². The summed E-state index contributed by atoms with van der Waals surface area (Å²) in [6, 6.07) is 9.41. The van der Waals surface area contributed by atoms with Crippen molar-refractivity contribution in [2.75, 3.05) is 7.05 Å². The molecular weight excluding hydrogens is 348 g/mol. The Morgan fingerprint density at radius 3 is 2.55 bits per heavy atom. The molecule has 0 heterocycles. The van der Waals surface area contributed by atoms with Crippen molar-refractivity contribution in [3.05, 3.63) is 68.7 Å². The topological polar surface area (TPSA) is 12.0 Å². The summed E-state index contributed by atoms with van der Waals surface area (Å²) < 4.78 is 27.1. The quantitative estimate of drug-likeness (QED) is 0.819. The highest BCUT2D eigenvalue weighted by Crippen LogP contribution is 2.29. The molecule has 0 radical (unpaired) electrons.